The summed E-state index contributed by atoms with van der Waals surface area (Å²) < 4.78 is 13.0. The van der Waals surface area contributed by atoms with Gasteiger partial charge < -0.3 is 5.32 Å². The van der Waals surface area contributed by atoms with Crippen molar-refractivity contribution in [1.82, 2.24) is 0 Å². The van der Waals surface area contributed by atoms with E-state index in [4.69, 9.17) is 0 Å². The second-order valence-corrected chi connectivity index (χ2v) is 3.45. The fraction of sp³-hybridized carbons (Fsp3) is 0.100. The Hall–Kier alpha value is -1.16. The number of nitrogens with one attached hydrogen (secondary N) is 1. The Balaban J connectivity index is 2.70. The van der Waals surface area contributed by atoms with Gasteiger partial charge in [-0.25, -0.2) is 4.39 Å². The monoisotopic (exact) mass is 257 g/mol. The highest BCUT2D eigenvalue weighted by molar-refractivity contribution is 9.12. The molecule has 1 rings (SSSR count). The molecule has 0 aromatic heterocycles. The van der Waals surface area contributed by atoms with Gasteiger partial charge in [0.15, 0.2) is 0 Å². The molecule has 74 valence electrons. The number of carbonyl (C=O) groups excluding carboxylic acids is 1. The zero-order chi connectivity index (χ0) is 10.6. The zero-order valence-electron chi connectivity index (χ0n) is 7.55. The van der Waals surface area contributed by atoms with Crippen molar-refractivity contribution in [2.45, 2.75) is 6.92 Å². The van der Waals surface area contributed by atoms with Crippen LogP contribution in [0.3, 0.4) is 0 Å². The SMILES string of the molecule is CC=C(Br)C(=O)Nc1ccc(F)cc1. The number of anilines is 1. The smallest absolute Gasteiger partial charge is 0.262 e. The molecule has 1 amide bonds. The molecule has 0 heterocycles. The fourth-order valence-corrected chi connectivity index (χ4v) is 0.954. The highest BCUT2D eigenvalue weighted by atomic mass is 79.9. The van der Waals surface area contributed by atoms with Gasteiger partial charge in [0.1, 0.15) is 5.82 Å². The first-order chi connectivity index (χ1) is 6.63. The summed E-state index contributed by atoms with van der Waals surface area (Å²) in [7, 11) is 0. The van der Waals surface area contributed by atoms with Crippen molar-refractivity contribution < 1.29 is 9.18 Å². The Labute approximate surface area is 89.9 Å². The molecule has 1 N–H and O–H groups in total. The topological polar surface area (TPSA) is 29.1 Å². The first-order valence-corrected chi connectivity index (χ1v) is 4.81. The van der Waals surface area contributed by atoms with E-state index in [0.29, 0.717) is 10.2 Å². The van der Waals surface area contributed by atoms with Crippen LogP contribution in [-0.4, -0.2) is 5.91 Å². The van der Waals surface area contributed by atoms with E-state index in [1.54, 1.807) is 13.0 Å². The molecule has 0 saturated carbocycles. The van der Waals surface area contributed by atoms with Gasteiger partial charge >= 0.3 is 0 Å². The van der Waals surface area contributed by atoms with Gasteiger partial charge in [-0.3, -0.25) is 4.79 Å². The van der Waals surface area contributed by atoms with Gasteiger partial charge in [0.25, 0.3) is 5.91 Å². The molecule has 1 aromatic carbocycles. The van der Waals surface area contributed by atoms with Crippen molar-refractivity contribution in [2.24, 2.45) is 0 Å². The van der Waals surface area contributed by atoms with Crippen molar-refractivity contribution in [3.05, 3.63) is 40.6 Å². The summed E-state index contributed by atoms with van der Waals surface area (Å²) in [5.41, 5.74) is 0.565. The van der Waals surface area contributed by atoms with Crippen LogP contribution < -0.4 is 5.32 Å². The number of halogens is 2. The van der Waals surface area contributed by atoms with Gasteiger partial charge in [-0.2, -0.15) is 0 Å². The third kappa shape index (κ3) is 2.96. The number of allylic oxidation sites excluding steroid dienone is 1. The van der Waals surface area contributed by atoms with Crippen molar-refractivity contribution in [3.63, 3.8) is 0 Å². The van der Waals surface area contributed by atoms with Gasteiger partial charge in [-0.05, 0) is 47.1 Å². The molecule has 0 unspecified atom stereocenters. The number of hydrogen-bond acceptors (Lipinski definition) is 1. The predicted molar refractivity (Wildman–Crippen MR) is 57.7 cm³/mol. The van der Waals surface area contributed by atoms with E-state index in [1.807, 2.05) is 0 Å². The predicted octanol–water partition coefficient (Wildman–Crippen LogP) is 3.06. The van der Waals surface area contributed by atoms with Crippen LogP contribution in [0.15, 0.2) is 34.8 Å². The lowest BCUT2D eigenvalue weighted by Crippen LogP contribution is -2.10. The van der Waals surface area contributed by atoms with E-state index in [9.17, 15) is 9.18 Å². The van der Waals surface area contributed by atoms with Crippen LogP contribution in [0.25, 0.3) is 0 Å². The fourth-order valence-electron chi connectivity index (χ4n) is 0.855. The molecular formula is C10H9BrFNO. The highest BCUT2D eigenvalue weighted by Gasteiger charge is 2.04. The van der Waals surface area contributed by atoms with Crippen LogP contribution >= 0.6 is 15.9 Å². The minimum Gasteiger partial charge on any atom is -0.322 e. The van der Waals surface area contributed by atoms with Gasteiger partial charge in [-0.15, -0.1) is 0 Å². The van der Waals surface area contributed by atoms with E-state index >= 15 is 0 Å². The minimum atomic E-state index is -0.326. The molecule has 0 aliphatic heterocycles. The van der Waals surface area contributed by atoms with Gasteiger partial charge in [0, 0.05) is 5.69 Å². The van der Waals surface area contributed by atoms with E-state index in [-0.39, 0.29) is 11.7 Å². The Kier molecular flexibility index (Phi) is 3.83. The molecule has 0 radical (unpaired) electrons. The minimum absolute atomic E-state index is 0.251. The molecule has 0 aliphatic rings. The summed E-state index contributed by atoms with van der Waals surface area (Å²) in [6, 6.07) is 5.59. The standard InChI is InChI=1S/C10H9BrFNO/c1-2-9(11)10(14)13-8-5-3-7(12)4-6-8/h2-6H,1H3,(H,13,14). The Morgan fingerprint density at radius 3 is 2.50 bits per heavy atom. The second kappa shape index (κ2) is 4.91. The molecule has 0 bridgehead atoms. The van der Waals surface area contributed by atoms with Crippen LogP contribution in [-0.2, 0) is 4.79 Å². The lowest BCUT2D eigenvalue weighted by Gasteiger charge is -2.03. The second-order valence-electron chi connectivity index (χ2n) is 2.60. The highest BCUT2D eigenvalue weighted by Crippen LogP contribution is 2.12. The summed E-state index contributed by atoms with van der Waals surface area (Å²) in [4.78, 5) is 11.3. The van der Waals surface area contributed by atoms with E-state index < -0.39 is 0 Å². The van der Waals surface area contributed by atoms with Crippen LogP contribution in [0.5, 0.6) is 0 Å². The summed E-state index contributed by atoms with van der Waals surface area (Å²) >= 11 is 3.09. The number of carbonyl (C=O) groups is 1. The quantitative estimate of drug-likeness (QED) is 0.811. The van der Waals surface area contributed by atoms with E-state index in [0.717, 1.165) is 0 Å². The van der Waals surface area contributed by atoms with Gasteiger partial charge in [0.2, 0.25) is 0 Å². The molecule has 0 fully saturated rings. The molecular weight excluding hydrogens is 249 g/mol. The van der Waals surface area contributed by atoms with Crippen LogP contribution in [0, 0.1) is 5.82 Å². The number of rotatable bonds is 2. The largest absolute Gasteiger partial charge is 0.322 e. The summed E-state index contributed by atoms with van der Waals surface area (Å²) in [5.74, 6) is -0.577. The average molecular weight is 258 g/mol. The maximum atomic E-state index is 12.5. The lowest BCUT2D eigenvalue weighted by atomic mass is 10.3. The van der Waals surface area contributed by atoms with E-state index in [2.05, 4.69) is 21.2 Å². The first kappa shape index (κ1) is 10.9. The van der Waals surface area contributed by atoms with Crippen LogP contribution in [0.1, 0.15) is 6.92 Å². The number of hydrogen-bond donors (Lipinski definition) is 1. The molecule has 1 aromatic rings. The summed E-state index contributed by atoms with van der Waals surface area (Å²) in [6.07, 6.45) is 1.64. The summed E-state index contributed by atoms with van der Waals surface area (Å²) in [5, 5.41) is 2.60. The van der Waals surface area contributed by atoms with E-state index in [1.165, 1.54) is 24.3 Å². The van der Waals surface area contributed by atoms with Gasteiger partial charge in [-0.1, -0.05) is 6.08 Å². The average Bonchev–Trinajstić information content (AvgIpc) is 2.20. The molecule has 0 aliphatic carbocycles. The molecule has 0 spiro atoms. The molecule has 0 atom stereocenters. The number of benzene rings is 1. The molecule has 4 heteroatoms. The number of amides is 1. The molecule has 0 saturated heterocycles. The Morgan fingerprint density at radius 2 is 2.00 bits per heavy atom. The van der Waals surface area contributed by atoms with Crippen molar-refractivity contribution in [3.8, 4) is 0 Å². The lowest BCUT2D eigenvalue weighted by molar-refractivity contribution is -0.112. The Morgan fingerprint density at radius 1 is 1.43 bits per heavy atom. The van der Waals surface area contributed by atoms with Crippen LogP contribution in [0.2, 0.25) is 0 Å². The first-order valence-electron chi connectivity index (χ1n) is 4.02. The van der Waals surface area contributed by atoms with Crippen molar-refractivity contribution >= 4 is 27.5 Å². The van der Waals surface area contributed by atoms with Crippen LogP contribution in [0.4, 0.5) is 10.1 Å². The molecule has 14 heavy (non-hydrogen) atoms. The Bertz CT molecular complexity index is 359. The van der Waals surface area contributed by atoms with Gasteiger partial charge in [0.05, 0.1) is 4.48 Å². The zero-order valence-corrected chi connectivity index (χ0v) is 9.14. The maximum Gasteiger partial charge on any atom is 0.262 e. The van der Waals surface area contributed by atoms with Crippen molar-refractivity contribution in [2.75, 3.05) is 5.32 Å². The normalized spacial score (nSPS) is 11.2. The van der Waals surface area contributed by atoms with Crippen molar-refractivity contribution in [1.29, 1.82) is 0 Å². The third-order valence-corrected chi connectivity index (χ3v) is 2.39. The third-order valence-electron chi connectivity index (χ3n) is 1.57. The maximum absolute atomic E-state index is 12.5. The summed E-state index contributed by atoms with van der Waals surface area (Å²) in [6.45, 7) is 1.74. The molecule has 2 nitrogen and oxygen atoms in total.